The smallest absolute Gasteiger partial charge is 0.421 e. The predicted octanol–water partition coefficient (Wildman–Crippen LogP) is 5.88. The van der Waals surface area contributed by atoms with Gasteiger partial charge in [0.1, 0.15) is 34.6 Å². The highest BCUT2D eigenvalue weighted by Gasteiger charge is 2.31. The van der Waals surface area contributed by atoms with Gasteiger partial charge in [-0.15, -0.1) is 11.3 Å². The summed E-state index contributed by atoms with van der Waals surface area (Å²) in [7, 11) is 1.08. The normalized spacial score (nSPS) is 10.8. The number of para-hydroxylation sites is 2. The molecule has 0 radical (unpaired) electrons. The Labute approximate surface area is 192 Å². The van der Waals surface area contributed by atoms with E-state index in [-0.39, 0.29) is 18.0 Å². The monoisotopic (exact) mass is 468 g/mol. The molecule has 1 aromatic heterocycles. The lowest BCUT2D eigenvalue weighted by Crippen LogP contribution is -2.38. The van der Waals surface area contributed by atoms with E-state index in [1.807, 2.05) is 24.3 Å². The number of carbonyl (C=O) groups excluding carboxylic acids is 2. The minimum atomic E-state index is -1.19. The van der Waals surface area contributed by atoms with Crippen LogP contribution in [0.15, 0.2) is 60.7 Å². The zero-order chi connectivity index (χ0) is 23.5. The molecule has 4 aromatic rings. The van der Waals surface area contributed by atoms with Crippen molar-refractivity contribution in [1.29, 1.82) is 0 Å². The zero-order valence-electron chi connectivity index (χ0n) is 17.7. The highest BCUT2D eigenvalue weighted by atomic mass is 32.1. The van der Waals surface area contributed by atoms with Crippen LogP contribution in [0.5, 0.6) is 5.75 Å². The fourth-order valence-electron chi connectivity index (χ4n) is 3.27. The van der Waals surface area contributed by atoms with Crippen LogP contribution in [0, 0.1) is 18.6 Å². The van der Waals surface area contributed by atoms with E-state index in [9.17, 15) is 18.4 Å². The summed E-state index contributed by atoms with van der Waals surface area (Å²) >= 11 is 1.41. The summed E-state index contributed by atoms with van der Waals surface area (Å²) in [5.74, 6) is -3.63. The number of thiazole rings is 1. The first-order valence-electron chi connectivity index (χ1n) is 9.83. The second kappa shape index (κ2) is 9.33. The number of methoxy groups -OCH3 is 1. The molecule has 0 fully saturated rings. The Morgan fingerprint density at radius 1 is 1.03 bits per heavy atom. The van der Waals surface area contributed by atoms with Gasteiger partial charge in [-0.25, -0.2) is 23.5 Å². The highest BCUT2D eigenvalue weighted by Crippen LogP contribution is 2.28. The maximum Gasteiger partial charge on any atom is 0.421 e. The molecule has 0 spiro atoms. The molecule has 3 aromatic carbocycles. The number of fused-ring (bicyclic) bond motifs is 1. The zero-order valence-corrected chi connectivity index (χ0v) is 18.5. The molecule has 4 rings (SSSR count). The van der Waals surface area contributed by atoms with E-state index < -0.39 is 29.2 Å². The Bertz CT molecular complexity index is 1300. The van der Waals surface area contributed by atoms with E-state index in [0.717, 1.165) is 29.5 Å². The van der Waals surface area contributed by atoms with Gasteiger partial charge in [0.05, 0.1) is 23.0 Å². The van der Waals surface area contributed by atoms with E-state index in [1.165, 1.54) is 17.4 Å². The van der Waals surface area contributed by atoms with Gasteiger partial charge in [0.2, 0.25) is 0 Å². The van der Waals surface area contributed by atoms with Crippen LogP contribution < -0.4 is 9.64 Å². The van der Waals surface area contributed by atoms with Crippen LogP contribution in [0.25, 0.3) is 10.2 Å². The number of hydrogen-bond donors (Lipinski definition) is 0. The Morgan fingerprint density at radius 3 is 2.36 bits per heavy atom. The van der Waals surface area contributed by atoms with E-state index in [2.05, 4.69) is 9.72 Å². The lowest BCUT2D eigenvalue weighted by atomic mass is 10.1. The Kier molecular flexibility index (Phi) is 6.32. The molecule has 0 aliphatic rings. The summed E-state index contributed by atoms with van der Waals surface area (Å²) in [5, 5.41) is 0.633. The first-order valence-corrected chi connectivity index (χ1v) is 10.6. The Morgan fingerprint density at radius 2 is 1.70 bits per heavy atom. The number of aryl methyl sites for hydroxylation is 1. The molecule has 2 amide bonds. The number of ether oxygens (including phenoxy) is 2. The minimum absolute atomic E-state index is 0.00299. The van der Waals surface area contributed by atoms with Crippen molar-refractivity contribution >= 4 is 39.2 Å². The number of amides is 2. The molecule has 0 saturated carbocycles. The van der Waals surface area contributed by atoms with Crippen LogP contribution in [-0.2, 0) is 11.3 Å². The van der Waals surface area contributed by atoms with Gasteiger partial charge in [-0.2, -0.15) is 0 Å². The van der Waals surface area contributed by atoms with E-state index in [4.69, 9.17) is 4.74 Å². The van der Waals surface area contributed by atoms with Crippen molar-refractivity contribution in [1.82, 2.24) is 4.98 Å². The highest BCUT2D eigenvalue weighted by molar-refractivity contribution is 7.18. The molecule has 0 N–H and O–H groups in total. The van der Waals surface area contributed by atoms with Gasteiger partial charge in [-0.05, 0) is 30.7 Å². The second-order valence-corrected chi connectivity index (χ2v) is 8.14. The molecule has 168 valence electrons. The Balaban J connectivity index is 1.60. The van der Waals surface area contributed by atoms with Crippen molar-refractivity contribution in [2.75, 3.05) is 12.0 Å². The largest absolute Gasteiger partial charge is 0.486 e. The summed E-state index contributed by atoms with van der Waals surface area (Å²) in [4.78, 5) is 30.3. The lowest BCUT2D eigenvalue weighted by molar-refractivity contribution is 0.0967. The average Bonchev–Trinajstić information content (AvgIpc) is 3.21. The fourth-order valence-corrected chi connectivity index (χ4v) is 4.15. The summed E-state index contributed by atoms with van der Waals surface area (Å²) < 4.78 is 40.9. The number of hydrogen-bond acceptors (Lipinski definition) is 6. The van der Waals surface area contributed by atoms with Gasteiger partial charge in [0.25, 0.3) is 5.91 Å². The van der Waals surface area contributed by atoms with Crippen LogP contribution in [-0.4, -0.2) is 24.1 Å². The number of imide groups is 1. The SMILES string of the molecule is COC(=O)N(C(=O)c1c(F)cc(OCc2nc3ccccc3s2)cc1F)c1ccccc1C. The Hall–Kier alpha value is -3.85. The minimum Gasteiger partial charge on any atom is -0.486 e. The van der Waals surface area contributed by atoms with Gasteiger partial charge in [-0.3, -0.25) is 4.79 Å². The summed E-state index contributed by atoms with van der Waals surface area (Å²) in [6, 6.07) is 15.8. The summed E-state index contributed by atoms with van der Waals surface area (Å²) in [6.07, 6.45) is -1.07. The topological polar surface area (TPSA) is 68.7 Å². The third kappa shape index (κ3) is 4.54. The van der Waals surface area contributed by atoms with Crippen LogP contribution >= 0.6 is 11.3 Å². The first-order chi connectivity index (χ1) is 15.9. The molecule has 9 heteroatoms. The molecule has 33 heavy (non-hydrogen) atoms. The summed E-state index contributed by atoms with van der Waals surface area (Å²) in [6.45, 7) is 1.66. The molecular formula is C24H18F2N2O4S. The number of anilines is 1. The fraction of sp³-hybridized carbons (Fsp3) is 0.125. The van der Waals surface area contributed by atoms with Crippen LogP contribution in [0.2, 0.25) is 0 Å². The molecule has 1 heterocycles. The van der Waals surface area contributed by atoms with Crippen molar-refractivity contribution in [2.45, 2.75) is 13.5 Å². The number of carbonyl (C=O) groups is 2. The van der Waals surface area contributed by atoms with Gasteiger partial charge < -0.3 is 9.47 Å². The van der Waals surface area contributed by atoms with E-state index in [1.54, 1.807) is 25.1 Å². The molecule has 0 unspecified atom stereocenters. The van der Waals surface area contributed by atoms with Crippen molar-refractivity contribution < 1.29 is 27.8 Å². The maximum absolute atomic E-state index is 14.9. The number of rotatable bonds is 5. The molecule has 0 saturated heterocycles. The third-order valence-corrected chi connectivity index (χ3v) is 5.86. The van der Waals surface area contributed by atoms with Gasteiger partial charge in [0, 0.05) is 12.1 Å². The molecule has 0 aliphatic carbocycles. The van der Waals surface area contributed by atoms with Gasteiger partial charge in [-0.1, -0.05) is 30.3 Å². The van der Waals surface area contributed by atoms with Gasteiger partial charge >= 0.3 is 6.09 Å². The van der Waals surface area contributed by atoms with Crippen molar-refractivity contribution in [3.05, 3.63) is 88.4 Å². The van der Waals surface area contributed by atoms with Crippen molar-refractivity contribution in [3.63, 3.8) is 0 Å². The molecule has 0 bridgehead atoms. The molecule has 6 nitrogen and oxygen atoms in total. The van der Waals surface area contributed by atoms with Crippen LogP contribution in [0.3, 0.4) is 0 Å². The van der Waals surface area contributed by atoms with Crippen molar-refractivity contribution in [3.8, 4) is 5.75 Å². The quantitative estimate of drug-likeness (QED) is 0.366. The summed E-state index contributed by atoms with van der Waals surface area (Å²) in [5.41, 5.74) is 0.617. The van der Waals surface area contributed by atoms with Crippen LogP contribution in [0.4, 0.5) is 19.3 Å². The van der Waals surface area contributed by atoms with E-state index >= 15 is 0 Å². The lowest BCUT2D eigenvalue weighted by Gasteiger charge is -2.22. The number of benzene rings is 3. The second-order valence-electron chi connectivity index (χ2n) is 7.02. The average molecular weight is 468 g/mol. The number of halogens is 2. The molecular weight excluding hydrogens is 450 g/mol. The van der Waals surface area contributed by atoms with Crippen LogP contribution in [0.1, 0.15) is 20.9 Å². The molecule has 0 atom stereocenters. The number of nitrogens with zero attached hydrogens (tertiary/aromatic N) is 2. The standard InChI is InChI=1S/C24H18F2N2O4S/c1-14-7-3-5-9-19(14)28(24(30)31-2)23(29)22-16(25)11-15(12-17(22)26)32-13-21-27-18-8-4-6-10-20(18)33-21/h3-12H,13H2,1-2H3. The molecule has 0 aliphatic heterocycles. The van der Waals surface area contributed by atoms with Crippen molar-refractivity contribution in [2.24, 2.45) is 0 Å². The van der Waals surface area contributed by atoms with Gasteiger partial charge in [0.15, 0.2) is 0 Å². The van der Waals surface area contributed by atoms with E-state index in [0.29, 0.717) is 15.5 Å². The number of aromatic nitrogens is 1. The first kappa shape index (κ1) is 22.3. The maximum atomic E-state index is 14.9. The predicted molar refractivity (Wildman–Crippen MR) is 121 cm³/mol. The third-order valence-electron chi connectivity index (χ3n) is 4.85.